The Morgan fingerprint density at radius 1 is 1.03 bits per heavy atom. The molecular formula is C24H32N2O5S. The molecule has 1 aliphatic heterocycles. The Hall–Kier alpha value is -2.58. The fourth-order valence-corrected chi connectivity index (χ4v) is 5.40. The number of carbonyl (C=O) groups excluding carboxylic acids is 1. The van der Waals surface area contributed by atoms with E-state index >= 15 is 0 Å². The summed E-state index contributed by atoms with van der Waals surface area (Å²) in [6.45, 7) is 3.36. The molecule has 1 N–H and O–H groups in total. The summed E-state index contributed by atoms with van der Waals surface area (Å²) in [5.41, 5.74) is 2.08. The molecule has 0 atom stereocenters. The lowest BCUT2D eigenvalue weighted by molar-refractivity contribution is -0.122. The molecule has 174 valence electrons. The lowest BCUT2D eigenvalue weighted by Crippen LogP contribution is -2.39. The molecule has 0 saturated carbocycles. The van der Waals surface area contributed by atoms with E-state index in [0.717, 1.165) is 11.1 Å². The second-order valence-electron chi connectivity index (χ2n) is 8.15. The van der Waals surface area contributed by atoms with Crippen LogP contribution in [0.5, 0.6) is 11.5 Å². The lowest BCUT2D eigenvalue weighted by atomic mass is 9.94. The number of benzene rings is 2. The first-order valence-electron chi connectivity index (χ1n) is 10.9. The van der Waals surface area contributed by atoms with Gasteiger partial charge in [-0.2, -0.15) is 4.31 Å². The zero-order valence-electron chi connectivity index (χ0n) is 19.0. The second kappa shape index (κ2) is 10.8. The quantitative estimate of drug-likeness (QED) is 0.621. The van der Waals surface area contributed by atoms with Crippen LogP contribution in [0.2, 0.25) is 0 Å². The molecule has 3 rings (SSSR count). The number of hydrogen-bond donors (Lipinski definition) is 1. The van der Waals surface area contributed by atoms with Crippen LogP contribution in [0.4, 0.5) is 0 Å². The fourth-order valence-electron chi connectivity index (χ4n) is 3.93. The van der Waals surface area contributed by atoms with Gasteiger partial charge in [0.25, 0.3) is 0 Å². The third kappa shape index (κ3) is 6.01. The number of sulfonamides is 1. The van der Waals surface area contributed by atoms with Crippen LogP contribution in [0.15, 0.2) is 47.4 Å². The minimum Gasteiger partial charge on any atom is -0.493 e. The molecule has 0 bridgehead atoms. The van der Waals surface area contributed by atoms with Crippen molar-refractivity contribution in [1.29, 1.82) is 0 Å². The first-order valence-corrected chi connectivity index (χ1v) is 12.3. The van der Waals surface area contributed by atoms with Gasteiger partial charge in [0.15, 0.2) is 11.5 Å². The number of methoxy groups -OCH3 is 2. The summed E-state index contributed by atoms with van der Waals surface area (Å²) in [5.74, 6) is 1.55. The van der Waals surface area contributed by atoms with Crippen molar-refractivity contribution in [2.24, 2.45) is 5.92 Å². The highest BCUT2D eigenvalue weighted by atomic mass is 32.2. The van der Waals surface area contributed by atoms with E-state index in [9.17, 15) is 13.2 Å². The average molecular weight is 461 g/mol. The Bertz CT molecular complexity index is 1010. The summed E-state index contributed by atoms with van der Waals surface area (Å²) in [5, 5.41) is 2.97. The van der Waals surface area contributed by atoms with Crippen LogP contribution in [0.1, 0.15) is 30.4 Å². The molecule has 1 fully saturated rings. The predicted octanol–water partition coefficient (Wildman–Crippen LogP) is 3.16. The van der Waals surface area contributed by atoms with Gasteiger partial charge in [-0.1, -0.05) is 23.8 Å². The van der Waals surface area contributed by atoms with Crippen molar-refractivity contribution < 1.29 is 22.7 Å². The summed E-state index contributed by atoms with van der Waals surface area (Å²) in [6.07, 6.45) is 2.49. The molecule has 1 heterocycles. The lowest BCUT2D eigenvalue weighted by Gasteiger charge is -2.31. The first kappa shape index (κ1) is 24.1. The monoisotopic (exact) mass is 460 g/mol. The SMILES string of the molecule is COc1ccc(CCNC(=O)CC2CCN(S(=O)(=O)c3ccc(C)cc3)CC2)cc1OC. The largest absolute Gasteiger partial charge is 0.493 e. The Labute approximate surface area is 190 Å². The highest BCUT2D eigenvalue weighted by molar-refractivity contribution is 7.89. The predicted molar refractivity (Wildman–Crippen MR) is 124 cm³/mol. The number of piperidine rings is 1. The number of aryl methyl sites for hydroxylation is 1. The third-order valence-corrected chi connectivity index (χ3v) is 7.80. The van der Waals surface area contributed by atoms with Gasteiger partial charge in [-0.3, -0.25) is 4.79 Å². The van der Waals surface area contributed by atoms with Crippen molar-refractivity contribution in [1.82, 2.24) is 9.62 Å². The number of ether oxygens (including phenoxy) is 2. The molecular weight excluding hydrogens is 428 g/mol. The van der Waals surface area contributed by atoms with E-state index in [0.29, 0.717) is 61.7 Å². The number of hydrogen-bond acceptors (Lipinski definition) is 5. The zero-order valence-corrected chi connectivity index (χ0v) is 19.8. The Morgan fingerprint density at radius 3 is 2.31 bits per heavy atom. The molecule has 8 heteroatoms. The van der Waals surface area contributed by atoms with Crippen molar-refractivity contribution >= 4 is 15.9 Å². The number of rotatable bonds is 9. The summed E-state index contributed by atoms with van der Waals surface area (Å²) >= 11 is 0. The highest BCUT2D eigenvalue weighted by Crippen LogP contribution is 2.28. The third-order valence-electron chi connectivity index (χ3n) is 5.89. The van der Waals surface area contributed by atoms with Crippen LogP contribution < -0.4 is 14.8 Å². The fraction of sp³-hybridized carbons (Fsp3) is 0.458. The van der Waals surface area contributed by atoms with E-state index in [1.807, 2.05) is 37.3 Å². The van der Waals surface area contributed by atoms with E-state index < -0.39 is 10.0 Å². The van der Waals surface area contributed by atoms with Crippen LogP contribution in [0, 0.1) is 12.8 Å². The smallest absolute Gasteiger partial charge is 0.243 e. The van der Waals surface area contributed by atoms with Crippen molar-refractivity contribution in [3.63, 3.8) is 0 Å². The van der Waals surface area contributed by atoms with Crippen LogP contribution in [0.25, 0.3) is 0 Å². The van der Waals surface area contributed by atoms with Gasteiger partial charge < -0.3 is 14.8 Å². The summed E-state index contributed by atoms with van der Waals surface area (Å²) in [7, 11) is -0.277. The van der Waals surface area contributed by atoms with Gasteiger partial charge in [0, 0.05) is 26.1 Å². The van der Waals surface area contributed by atoms with Crippen molar-refractivity contribution in [3.05, 3.63) is 53.6 Å². The van der Waals surface area contributed by atoms with E-state index in [2.05, 4.69) is 5.32 Å². The number of nitrogens with one attached hydrogen (secondary N) is 1. The number of nitrogens with zero attached hydrogens (tertiary/aromatic N) is 1. The van der Waals surface area contributed by atoms with Gasteiger partial charge in [-0.15, -0.1) is 0 Å². The normalized spacial score (nSPS) is 15.3. The molecule has 32 heavy (non-hydrogen) atoms. The van der Waals surface area contributed by atoms with Crippen LogP contribution in [-0.4, -0.2) is 52.5 Å². The van der Waals surface area contributed by atoms with E-state index in [4.69, 9.17) is 9.47 Å². The minimum atomic E-state index is -3.47. The van der Waals surface area contributed by atoms with Crippen molar-refractivity contribution in [2.75, 3.05) is 33.9 Å². The molecule has 2 aromatic carbocycles. The van der Waals surface area contributed by atoms with Crippen LogP contribution in [0.3, 0.4) is 0 Å². The summed E-state index contributed by atoms with van der Waals surface area (Å²) in [4.78, 5) is 12.7. The molecule has 0 unspecified atom stereocenters. The maximum absolute atomic E-state index is 12.8. The van der Waals surface area contributed by atoms with Gasteiger partial charge in [0.2, 0.25) is 15.9 Å². The second-order valence-corrected chi connectivity index (χ2v) is 10.1. The number of carbonyl (C=O) groups is 1. The molecule has 1 aliphatic rings. The molecule has 7 nitrogen and oxygen atoms in total. The van der Waals surface area contributed by atoms with E-state index in [1.165, 1.54) is 4.31 Å². The number of amides is 1. The topological polar surface area (TPSA) is 84.9 Å². The van der Waals surface area contributed by atoms with Crippen molar-refractivity contribution in [3.8, 4) is 11.5 Å². The van der Waals surface area contributed by atoms with Gasteiger partial charge in [0.1, 0.15) is 0 Å². The molecule has 1 saturated heterocycles. The van der Waals surface area contributed by atoms with Gasteiger partial charge >= 0.3 is 0 Å². The maximum Gasteiger partial charge on any atom is 0.243 e. The maximum atomic E-state index is 12.8. The molecule has 0 aliphatic carbocycles. The molecule has 0 aromatic heterocycles. The molecule has 0 radical (unpaired) electrons. The molecule has 0 spiro atoms. The average Bonchev–Trinajstić information content (AvgIpc) is 2.79. The summed E-state index contributed by atoms with van der Waals surface area (Å²) < 4.78 is 37.7. The molecule has 2 aromatic rings. The van der Waals surface area contributed by atoms with Gasteiger partial charge in [-0.25, -0.2) is 8.42 Å². The van der Waals surface area contributed by atoms with E-state index in [1.54, 1.807) is 26.4 Å². The van der Waals surface area contributed by atoms with Crippen LogP contribution >= 0.6 is 0 Å². The Balaban J connectivity index is 1.43. The molecule has 1 amide bonds. The zero-order chi connectivity index (χ0) is 23.1. The minimum absolute atomic E-state index is 0.00492. The Morgan fingerprint density at radius 2 is 1.69 bits per heavy atom. The highest BCUT2D eigenvalue weighted by Gasteiger charge is 2.30. The van der Waals surface area contributed by atoms with E-state index in [-0.39, 0.29) is 11.8 Å². The van der Waals surface area contributed by atoms with Gasteiger partial charge in [-0.05, 0) is 61.9 Å². The standard InChI is InChI=1S/C24H32N2O5S/c1-18-4-7-21(8-5-18)32(28,29)26-14-11-20(12-15-26)17-24(27)25-13-10-19-6-9-22(30-2)23(16-19)31-3/h4-9,16,20H,10-15,17H2,1-3H3,(H,25,27). The van der Waals surface area contributed by atoms with Crippen LogP contribution in [-0.2, 0) is 21.2 Å². The first-order chi connectivity index (χ1) is 15.3. The summed E-state index contributed by atoms with van der Waals surface area (Å²) in [6, 6.07) is 12.7. The Kier molecular flexibility index (Phi) is 8.15. The van der Waals surface area contributed by atoms with Crippen molar-refractivity contribution in [2.45, 2.75) is 37.5 Å². The van der Waals surface area contributed by atoms with Gasteiger partial charge in [0.05, 0.1) is 19.1 Å².